The van der Waals surface area contributed by atoms with Gasteiger partial charge in [0.05, 0.1) is 0 Å². The van der Waals surface area contributed by atoms with Crippen LogP contribution in [0.4, 0.5) is 5.69 Å². The first-order valence-corrected chi connectivity index (χ1v) is 7.78. The maximum atomic E-state index is 5.94. The number of hydrogen-bond donors (Lipinski definition) is 1. The summed E-state index contributed by atoms with van der Waals surface area (Å²) in [7, 11) is 2.17. The lowest BCUT2D eigenvalue weighted by Crippen LogP contribution is -2.25. The predicted molar refractivity (Wildman–Crippen MR) is 83.5 cm³/mol. The highest BCUT2D eigenvalue weighted by molar-refractivity contribution is 7.99. The minimum Gasteiger partial charge on any atom is -0.374 e. The van der Waals surface area contributed by atoms with Gasteiger partial charge in [-0.25, -0.2) is 0 Å². The van der Waals surface area contributed by atoms with Gasteiger partial charge in [0, 0.05) is 36.3 Å². The summed E-state index contributed by atoms with van der Waals surface area (Å²) in [6.45, 7) is 8.42. The van der Waals surface area contributed by atoms with Gasteiger partial charge in [0.15, 0.2) is 0 Å². The maximum absolute atomic E-state index is 5.94. The standard InChI is InChI=1S/C15H26N2S/c1-5-12(3)11-17(4)14-8-7-9-15(18-6-2)13(14)10-16/h7-9,12H,5-6,10-11,16H2,1-4H3. The molecule has 0 aliphatic carbocycles. The van der Waals surface area contributed by atoms with Gasteiger partial charge in [0.2, 0.25) is 0 Å². The van der Waals surface area contributed by atoms with E-state index in [1.165, 1.54) is 22.6 Å². The summed E-state index contributed by atoms with van der Waals surface area (Å²) in [4.78, 5) is 3.67. The molecular formula is C15H26N2S. The van der Waals surface area contributed by atoms with Crippen molar-refractivity contribution in [1.29, 1.82) is 0 Å². The van der Waals surface area contributed by atoms with E-state index in [4.69, 9.17) is 5.73 Å². The second-order valence-corrected chi connectivity index (χ2v) is 6.09. The Kier molecular flexibility index (Phi) is 6.58. The number of anilines is 1. The molecule has 0 saturated carbocycles. The zero-order chi connectivity index (χ0) is 13.5. The van der Waals surface area contributed by atoms with Crippen molar-refractivity contribution in [2.24, 2.45) is 11.7 Å². The van der Waals surface area contributed by atoms with Crippen LogP contribution in [0.2, 0.25) is 0 Å². The highest BCUT2D eigenvalue weighted by Crippen LogP contribution is 2.30. The second-order valence-electron chi connectivity index (χ2n) is 4.78. The van der Waals surface area contributed by atoms with Crippen LogP contribution < -0.4 is 10.6 Å². The van der Waals surface area contributed by atoms with E-state index in [0.717, 1.165) is 12.3 Å². The van der Waals surface area contributed by atoms with Gasteiger partial charge in [0.1, 0.15) is 0 Å². The van der Waals surface area contributed by atoms with Crippen molar-refractivity contribution in [3.8, 4) is 0 Å². The molecule has 2 N–H and O–H groups in total. The Balaban J connectivity index is 2.96. The fourth-order valence-electron chi connectivity index (χ4n) is 2.10. The molecule has 0 aliphatic heterocycles. The molecule has 0 aromatic heterocycles. The summed E-state index contributed by atoms with van der Waals surface area (Å²) in [6, 6.07) is 6.50. The molecule has 1 unspecified atom stereocenters. The third-order valence-corrected chi connectivity index (χ3v) is 4.29. The Bertz CT molecular complexity index is 366. The number of hydrogen-bond acceptors (Lipinski definition) is 3. The molecule has 0 spiro atoms. The predicted octanol–water partition coefficient (Wildman–Crippen LogP) is 3.74. The Labute approximate surface area is 116 Å². The minimum atomic E-state index is 0.614. The lowest BCUT2D eigenvalue weighted by Gasteiger charge is -2.26. The highest BCUT2D eigenvalue weighted by Gasteiger charge is 2.12. The van der Waals surface area contributed by atoms with Gasteiger partial charge in [-0.3, -0.25) is 0 Å². The van der Waals surface area contributed by atoms with Crippen molar-refractivity contribution in [3.63, 3.8) is 0 Å². The number of benzene rings is 1. The molecule has 0 saturated heterocycles. The Morgan fingerprint density at radius 1 is 1.33 bits per heavy atom. The monoisotopic (exact) mass is 266 g/mol. The molecule has 3 heteroatoms. The lowest BCUT2D eigenvalue weighted by atomic mass is 10.1. The normalized spacial score (nSPS) is 12.5. The Hall–Kier alpha value is -0.670. The average molecular weight is 266 g/mol. The fraction of sp³-hybridized carbons (Fsp3) is 0.600. The smallest absolute Gasteiger partial charge is 0.0420 e. The summed E-state index contributed by atoms with van der Waals surface area (Å²) in [5.74, 6) is 1.80. The molecule has 1 atom stereocenters. The van der Waals surface area contributed by atoms with Crippen LogP contribution in [0.25, 0.3) is 0 Å². The summed E-state index contributed by atoms with van der Waals surface area (Å²) in [5.41, 5.74) is 8.52. The zero-order valence-electron chi connectivity index (χ0n) is 12.1. The lowest BCUT2D eigenvalue weighted by molar-refractivity contribution is 0.559. The second kappa shape index (κ2) is 7.70. The first-order valence-electron chi connectivity index (χ1n) is 6.79. The van der Waals surface area contributed by atoms with Crippen molar-refractivity contribution in [2.45, 2.75) is 38.6 Å². The van der Waals surface area contributed by atoms with Crippen LogP contribution in [-0.4, -0.2) is 19.3 Å². The topological polar surface area (TPSA) is 29.3 Å². The fourth-order valence-corrected chi connectivity index (χ4v) is 2.95. The third kappa shape index (κ3) is 3.92. The van der Waals surface area contributed by atoms with E-state index in [0.29, 0.717) is 12.5 Å². The third-order valence-electron chi connectivity index (χ3n) is 3.31. The van der Waals surface area contributed by atoms with E-state index >= 15 is 0 Å². The quantitative estimate of drug-likeness (QED) is 0.762. The molecule has 0 bridgehead atoms. The van der Waals surface area contributed by atoms with Crippen molar-refractivity contribution < 1.29 is 0 Å². The van der Waals surface area contributed by atoms with E-state index in [1.807, 2.05) is 11.8 Å². The van der Waals surface area contributed by atoms with Crippen molar-refractivity contribution in [1.82, 2.24) is 0 Å². The van der Waals surface area contributed by atoms with E-state index in [9.17, 15) is 0 Å². The van der Waals surface area contributed by atoms with Crippen LogP contribution in [0.3, 0.4) is 0 Å². The molecule has 0 aliphatic rings. The zero-order valence-corrected chi connectivity index (χ0v) is 12.9. The summed E-state index contributed by atoms with van der Waals surface area (Å²) in [6.07, 6.45) is 1.21. The molecule has 18 heavy (non-hydrogen) atoms. The molecule has 102 valence electrons. The van der Waals surface area contributed by atoms with Crippen molar-refractivity contribution in [2.75, 3.05) is 24.2 Å². The van der Waals surface area contributed by atoms with E-state index < -0.39 is 0 Å². The van der Waals surface area contributed by atoms with Gasteiger partial charge in [-0.15, -0.1) is 11.8 Å². The van der Waals surface area contributed by atoms with Crippen LogP contribution in [0.15, 0.2) is 23.1 Å². The maximum Gasteiger partial charge on any atom is 0.0420 e. The minimum absolute atomic E-state index is 0.614. The largest absolute Gasteiger partial charge is 0.374 e. The van der Waals surface area contributed by atoms with Gasteiger partial charge in [-0.05, 0) is 23.8 Å². The molecule has 0 heterocycles. The highest BCUT2D eigenvalue weighted by atomic mass is 32.2. The first-order chi connectivity index (χ1) is 8.63. The van der Waals surface area contributed by atoms with E-state index in [2.05, 4.69) is 50.9 Å². The first kappa shape index (κ1) is 15.4. The number of thioether (sulfide) groups is 1. The van der Waals surface area contributed by atoms with Gasteiger partial charge >= 0.3 is 0 Å². The summed E-state index contributed by atoms with van der Waals surface area (Å²) >= 11 is 1.88. The van der Waals surface area contributed by atoms with Crippen LogP contribution in [0, 0.1) is 5.92 Å². The number of nitrogens with two attached hydrogens (primary N) is 1. The molecule has 2 nitrogen and oxygen atoms in total. The van der Waals surface area contributed by atoms with Crippen molar-refractivity contribution >= 4 is 17.4 Å². The molecule has 1 aromatic rings. The average Bonchev–Trinajstić information content (AvgIpc) is 2.38. The molecule has 0 radical (unpaired) electrons. The van der Waals surface area contributed by atoms with Gasteiger partial charge < -0.3 is 10.6 Å². The van der Waals surface area contributed by atoms with Crippen LogP contribution in [-0.2, 0) is 6.54 Å². The molecule has 1 rings (SSSR count). The van der Waals surface area contributed by atoms with Gasteiger partial charge in [-0.2, -0.15) is 0 Å². The van der Waals surface area contributed by atoms with E-state index in [-0.39, 0.29) is 0 Å². The molecule has 1 aromatic carbocycles. The van der Waals surface area contributed by atoms with Gasteiger partial charge in [0.25, 0.3) is 0 Å². The van der Waals surface area contributed by atoms with E-state index in [1.54, 1.807) is 0 Å². The number of nitrogens with zero attached hydrogens (tertiary/aromatic N) is 1. The molecule has 0 amide bonds. The Morgan fingerprint density at radius 3 is 2.61 bits per heavy atom. The molecular weight excluding hydrogens is 240 g/mol. The number of rotatable bonds is 7. The van der Waals surface area contributed by atoms with Gasteiger partial charge in [-0.1, -0.05) is 33.3 Å². The SMILES string of the molecule is CCSc1cccc(N(C)CC(C)CC)c1CN. The van der Waals surface area contributed by atoms with Crippen LogP contribution in [0.1, 0.15) is 32.8 Å². The van der Waals surface area contributed by atoms with Crippen molar-refractivity contribution in [3.05, 3.63) is 23.8 Å². The summed E-state index contributed by atoms with van der Waals surface area (Å²) in [5, 5.41) is 0. The summed E-state index contributed by atoms with van der Waals surface area (Å²) < 4.78 is 0. The molecule has 0 fully saturated rings. The Morgan fingerprint density at radius 2 is 2.06 bits per heavy atom. The van der Waals surface area contributed by atoms with Crippen LogP contribution in [0.5, 0.6) is 0 Å². The van der Waals surface area contributed by atoms with Crippen LogP contribution >= 0.6 is 11.8 Å².